The molecule has 1 heterocycles. The van der Waals surface area contributed by atoms with Crippen molar-refractivity contribution in [2.75, 3.05) is 39.8 Å². The summed E-state index contributed by atoms with van der Waals surface area (Å²) in [6.45, 7) is 5.38. The highest BCUT2D eigenvalue weighted by Gasteiger charge is 2.21. The van der Waals surface area contributed by atoms with Crippen molar-refractivity contribution >= 4 is 5.91 Å². The molecule has 1 saturated heterocycles. The first kappa shape index (κ1) is 15.6. The molecule has 4 nitrogen and oxygen atoms in total. The molecule has 4 heteroatoms. The fourth-order valence-corrected chi connectivity index (χ4v) is 2.40. The lowest BCUT2D eigenvalue weighted by molar-refractivity contribution is 0.0663. The Kier molecular flexibility index (Phi) is 5.38. The minimum absolute atomic E-state index is 0.0615. The molecule has 1 fully saturated rings. The van der Waals surface area contributed by atoms with Crippen LogP contribution in [-0.2, 0) is 0 Å². The lowest BCUT2D eigenvalue weighted by atomic mass is 10.0. The van der Waals surface area contributed by atoms with Crippen molar-refractivity contribution in [1.29, 1.82) is 0 Å². The van der Waals surface area contributed by atoms with Gasteiger partial charge in [0.05, 0.1) is 6.61 Å². The average Bonchev–Trinajstić information content (AvgIpc) is 2.49. The van der Waals surface area contributed by atoms with Crippen LogP contribution in [0.3, 0.4) is 0 Å². The summed E-state index contributed by atoms with van der Waals surface area (Å²) in [6.07, 6.45) is 0.454. The van der Waals surface area contributed by atoms with Gasteiger partial charge in [-0.25, -0.2) is 0 Å². The molecular weight excluding hydrogens is 264 g/mol. The van der Waals surface area contributed by atoms with Crippen LogP contribution in [-0.4, -0.2) is 60.6 Å². The Labute approximate surface area is 126 Å². The van der Waals surface area contributed by atoms with E-state index >= 15 is 0 Å². The molecule has 1 aromatic rings. The Morgan fingerprint density at radius 3 is 2.67 bits per heavy atom. The number of hydrogen-bond donors (Lipinski definition) is 1. The second kappa shape index (κ2) is 7.26. The number of piperazine rings is 1. The number of carbonyl (C=O) groups is 1. The molecule has 1 aliphatic rings. The molecule has 2 rings (SSSR count). The lowest BCUT2D eigenvalue weighted by Crippen LogP contribution is -2.47. The number of carbonyl (C=O) groups excluding carboxylic acids is 1. The minimum atomic E-state index is 0.0615. The van der Waals surface area contributed by atoms with E-state index in [-0.39, 0.29) is 12.5 Å². The Morgan fingerprint density at radius 1 is 1.29 bits per heavy atom. The highest BCUT2D eigenvalue weighted by Crippen LogP contribution is 2.16. The van der Waals surface area contributed by atoms with Crippen LogP contribution in [0.5, 0.6) is 0 Å². The second-order valence-corrected chi connectivity index (χ2v) is 5.35. The summed E-state index contributed by atoms with van der Waals surface area (Å²) in [7, 11) is 2.07. The van der Waals surface area contributed by atoms with E-state index in [1.54, 1.807) is 0 Å². The van der Waals surface area contributed by atoms with E-state index in [9.17, 15) is 4.79 Å². The topological polar surface area (TPSA) is 43.8 Å². The van der Waals surface area contributed by atoms with E-state index in [1.807, 2.05) is 30.0 Å². The lowest BCUT2D eigenvalue weighted by Gasteiger charge is -2.32. The first-order valence-electron chi connectivity index (χ1n) is 7.30. The quantitative estimate of drug-likeness (QED) is 0.829. The van der Waals surface area contributed by atoms with Gasteiger partial charge in [0.15, 0.2) is 0 Å². The van der Waals surface area contributed by atoms with Crippen molar-refractivity contribution in [3.63, 3.8) is 0 Å². The summed E-state index contributed by atoms with van der Waals surface area (Å²) in [4.78, 5) is 16.8. The monoisotopic (exact) mass is 286 g/mol. The van der Waals surface area contributed by atoms with Crippen LogP contribution < -0.4 is 0 Å². The summed E-state index contributed by atoms with van der Waals surface area (Å²) in [5.41, 5.74) is 2.52. The van der Waals surface area contributed by atoms with Crippen LogP contribution >= 0.6 is 0 Å². The molecule has 1 aromatic carbocycles. The Bertz CT molecular complexity index is 564. The van der Waals surface area contributed by atoms with Gasteiger partial charge in [-0.05, 0) is 31.7 Å². The third kappa shape index (κ3) is 3.84. The van der Waals surface area contributed by atoms with Crippen molar-refractivity contribution in [2.45, 2.75) is 13.3 Å². The molecule has 0 aliphatic carbocycles. The maximum Gasteiger partial charge on any atom is 0.254 e. The number of benzene rings is 1. The van der Waals surface area contributed by atoms with Gasteiger partial charge in [0.25, 0.3) is 5.91 Å². The van der Waals surface area contributed by atoms with Gasteiger partial charge >= 0.3 is 0 Å². The van der Waals surface area contributed by atoms with Crippen LogP contribution in [0.2, 0.25) is 0 Å². The van der Waals surface area contributed by atoms with Crippen molar-refractivity contribution in [1.82, 2.24) is 9.80 Å². The Morgan fingerprint density at radius 2 is 2.00 bits per heavy atom. The molecule has 112 valence electrons. The zero-order valence-electron chi connectivity index (χ0n) is 12.7. The molecule has 0 saturated carbocycles. The van der Waals surface area contributed by atoms with Crippen molar-refractivity contribution in [2.24, 2.45) is 0 Å². The summed E-state index contributed by atoms with van der Waals surface area (Å²) in [6, 6.07) is 5.66. The van der Waals surface area contributed by atoms with Gasteiger partial charge in [0, 0.05) is 43.7 Å². The third-order valence-corrected chi connectivity index (χ3v) is 3.81. The fourth-order valence-electron chi connectivity index (χ4n) is 2.40. The first-order valence-corrected chi connectivity index (χ1v) is 7.30. The molecule has 0 bridgehead atoms. The molecule has 0 atom stereocenters. The maximum atomic E-state index is 12.6. The molecule has 1 N–H and O–H groups in total. The largest absolute Gasteiger partial charge is 0.395 e. The smallest absolute Gasteiger partial charge is 0.254 e. The molecule has 0 radical (unpaired) electrons. The van der Waals surface area contributed by atoms with Crippen molar-refractivity contribution in [3.8, 4) is 11.8 Å². The standard InChI is InChI=1S/C17H22N2O2/c1-14-15(6-3-4-13-20)7-5-8-16(14)17(21)19-11-9-18(2)10-12-19/h5,7-8,20H,4,9-13H2,1-2H3. The van der Waals surface area contributed by atoms with Crippen LogP contribution in [0.15, 0.2) is 18.2 Å². The Hall–Kier alpha value is -1.83. The number of aliphatic hydroxyl groups is 1. The molecule has 0 aromatic heterocycles. The summed E-state index contributed by atoms with van der Waals surface area (Å²) < 4.78 is 0. The fraction of sp³-hybridized carbons (Fsp3) is 0.471. The predicted octanol–water partition coefficient (Wildman–Crippen LogP) is 1.12. The molecular formula is C17H22N2O2. The number of aliphatic hydroxyl groups excluding tert-OH is 1. The molecule has 0 unspecified atom stereocenters. The van der Waals surface area contributed by atoms with E-state index in [0.29, 0.717) is 6.42 Å². The van der Waals surface area contributed by atoms with E-state index in [4.69, 9.17) is 5.11 Å². The normalized spacial score (nSPS) is 15.5. The zero-order valence-corrected chi connectivity index (χ0v) is 12.7. The van der Waals surface area contributed by atoms with Gasteiger partial charge < -0.3 is 14.9 Å². The minimum Gasteiger partial charge on any atom is -0.395 e. The van der Waals surface area contributed by atoms with Gasteiger partial charge in [0.2, 0.25) is 0 Å². The maximum absolute atomic E-state index is 12.6. The number of hydrogen-bond acceptors (Lipinski definition) is 3. The van der Waals surface area contributed by atoms with Crippen molar-refractivity contribution < 1.29 is 9.90 Å². The number of nitrogens with zero attached hydrogens (tertiary/aromatic N) is 2. The molecule has 21 heavy (non-hydrogen) atoms. The molecule has 1 amide bonds. The predicted molar refractivity (Wildman–Crippen MR) is 83.2 cm³/mol. The zero-order chi connectivity index (χ0) is 15.2. The average molecular weight is 286 g/mol. The summed E-state index contributed by atoms with van der Waals surface area (Å²) in [5, 5.41) is 8.78. The van der Waals surface area contributed by atoms with E-state index in [0.717, 1.165) is 42.9 Å². The van der Waals surface area contributed by atoms with Crippen LogP contribution in [0.4, 0.5) is 0 Å². The van der Waals surface area contributed by atoms with Gasteiger partial charge in [-0.15, -0.1) is 0 Å². The number of likely N-dealkylation sites (N-methyl/N-ethyl adjacent to an activating group) is 1. The molecule has 1 aliphatic heterocycles. The second-order valence-electron chi connectivity index (χ2n) is 5.35. The highest BCUT2D eigenvalue weighted by molar-refractivity contribution is 5.96. The van der Waals surface area contributed by atoms with Crippen molar-refractivity contribution in [3.05, 3.63) is 34.9 Å². The van der Waals surface area contributed by atoms with Gasteiger partial charge in [0.1, 0.15) is 0 Å². The van der Waals surface area contributed by atoms with E-state index in [1.165, 1.54) is 0 Å². The SMILES string of the molecule is Cc1c(C#CCCO)cccc1C(=O)N1CCN(C)CC1. The summed E-state index contributed by atoms with van der Waals surface area (Å²) in [5.74, 6) is 6.03. The van der Waals surface area contributed by atoms with Gasteiger partial charge in [-0.2, -0.15) is 0 Å². The van der Waals surface area contributed by atoms with E-state index in [2.05, 4.69) is 23.8 Å². The number of rotatable bonds is 2. The third-order valence-electron chi connectivity index (χ3n) is 3.81. The van der Waals surface area contributed by atoms with Crippen LogP contribution in [0.1, 0.15) is 27.9 Å². The summed E-state index contributed by atoms with van der Waals surface area (Å²) >= 11 is 0. The van der Waals surface area contributed by atoms with Crippen LogP contribution in [0.25, 0.3) is 0 Å². The van der Waals surface area contributed by atoms with Crippen LogP contribution in [0, 0.1) is 18.8 Å². The van der Waals surface area contributed by atoms with Gasteiger partial charge in [-0.3, -0.25) is 4.79 Å². The highest BCUT2D eigenvalue weighted by atomic mass is 16.2. The first-order chi connectivity index (χ1) is 10.1. The number of amides is 1. The van der Waals surface area contributed by atoms with E-state index < -0.39 is 0 Å². The Balaban J connectivity index is 2.18. The van der Waals surface area contributed by atoms with Gasteiger partial charge in [-0.1, -0.05) is 17.9 Å². The molecule has 0 spiro atoms.